The van der Waals surface area contributed by atoms with Crippen molar-refractivity contribution in [1.29, 1.82) is 0 Å². The minimum absolute atomic E-state index is 0.276. The van der Waals surface area contributed by atoms with Gasteiger partial charge in [0.1, 0.15) is 0 Å². The van der Waals surface area contributed by atoms with Crippen LogP contribution in [-0.2, 0) is 6.54 Å². The lowest BCUT2D eigenvalue weighted by atomic mass is 10.0. The molecule has 0 saturated heterocycles. The molecule has 1 unspecified atom stereocenters. The number of nitrogens with one attached hydrogen (secondary N) is 1. The van der Waals surface area contributed by atoms with Crippen LogP contribution in [0.3, 0.4) is 0 Å². The summed E-state index contributed by atoms with van der Waals surface area (Å²) in [5, 5.41) is 13.5. The minimum Gasteiger partial charge on any atom is -0.454 e. The maximum atomic E-state index is 10.3. The second-order valence-corrected chi connectivity index (χ2v) is 5.15. The molecule has 0 aromatic heterocycles. The standard InChI is InChI=1S/C17H19NO3/c1-12-5-2-3-7-14(12)15(19)10-18-9-13-6-4-8-16-17(13)21-11-20-16/h2-8,15,18-19H,9-11H2,1H3. The summed E-state index contributed by atoms with van der Waals surface area (Å²) in [7, 11) is 0. The van der Waals surface area contributed by atoms with E-state index in [0.717, 1.165) is 28.2 Å². The van der Waals surface area contributed by atoms with Crippen molar-refractivity contribution in [3.8, 4) is 11.5 Å². The van der Waals surface area contributed by atoms with Crippen LogP contribution in [0.4, 0.5) is 0 Å². The molecule has 1 aliphatic heterocycles. The number of aliphatic hydroxyl groups excluding tert-OH is 1. The Hall–Kier alpha value is -2.04. The summed E-state index contributed by atoms with van der Waals surface area (Å²) < 4.78 is 10.8. The molecular formula is C17H19NO3. The lowest BCUT2D eigenvalue weighted by molar-refractivity contribution is 0.170. The molecule has 0 spiro atoms. The minimum atomic E-state index is -0.514. The first-order valence-corrected chi connectivity index (χ1v) is 7.07. The van der Waals surface area contributed by atoms with E-state index < -0.39 is 6.10 Å². The third-order valence-electron chi connectivity index (χ3n) is 3.68. The highest BCUT2D eigenvalue weighted by molar-refractivity contribution is 5.48. The molecule has 0 saturated carbocycles. The summed E-state index contributed by atoms with van der Waals surface area (Å²) in [6.07, 6.45) is -0.514. The molecule has 4 heteroatoms. The Labute approximate surface area is 124 Å². The number of ether oxygens (including phenoxy) is 2. The van der Waals surface area contributed by atoms with Crippen LogP contribution in [0, 0.1) is 6.92 Å². The van der Waals surface area contributed by atoms with Gasteiger partial charge in [-0.3, -0.25) is 0 Å². The molecule has 1 heterocycles. The molecule has 3 rings (SSSR count). The maximum Gasteiger partial charge on any atom is 0.231 e. The van der Waals surface area contributed by atoms with E-state index in [1.165, 1.54) is 0 Å². The molecule has 0 amide bonds. The fourth-order valence-electron chi connectivity index (χ4n) is 2.54. The molecule has 0 radical (unpaired) electrons. The summed E-state index contributed by atoms with van der Waals surface area (Å²) in [6, 6.07) is 13.7. The van der Waals surface area contributed by atoms with Crippen LogP contribution in [0.1, 0.15) is 22.8 Å². The van der Waals surface area contributed by atoms with Gasteiger partial charge in [0, 0.05) is 18.7 Å². The van der Waals surface area contributed by atoms with Gasteiger partial charge in [0.15, 0.2) is 11.5 Å². The molecule has 21 heavy (non-hydrogen) atoms. The Kier molecular flexibility index (Phi) is 4.08. The van der Waals surface area contributed by atoms with Gasteiger partial charge in [-0.25, -0.2) is 0 Å². The van der Waals surface area contributed by atoms with Crippen molar-refractivity contribution in [2.75, 3.05) is 13.3 Å². The highest BCUT2D eigenvalue weighted by Gasteiger charge is 2.17. The number of aryl methyl sites for hydroxylation is 1. The molecule has 2 N–H and O–H groups in total. The molecule has 0 aliphatic carbocycles. The molecule has 2 aromatic carbocycles. The average molecular weight is 285 g/mol. The topological polar surface area (TPSA) is 50.7 Å². The van der Waals surface area contributed by atoms with Crippen LogP contribution in [0.25, 0.3) is 0 Å². The molecule has 0 bridgehead atoms. The number of rotatable bonds is 5. The number of hydrogen-bond donors (Lipinski definition) is 2. The van der Waals surface area contributed by atoms with Crippen molar-refractivity contribution >= 4 is 0 Å². The monoisotopic (exact) mass is 285 g/mol. The zero-order valence-electron chi connectivity index (χ0n) is 12.0. The molecule has 2 aromatic rings. The van der Waals surface area contributed by atoms with Gasteiger partial charge < -0.3 is 19.9 Å². The average Bonchev–Trinajstić information content (AvgIpc) is 2.97. The van der Waals surface area contributed by atoms with Gasteiger partial charge in [-0.15, -0.1) is 0 Å². The highest BCUT2D eigenvalue weighted by Crippen LogP contribution is 2.35. The van der Waals surface area contributed by atoms with E-state index >= 15 is 0 Å². The second-order valence-electron chi connectivity index (χ2n) is 5.15. The Morgan fingerprint density at radius 1 is 1.14 bits per heavy atom. The summed E-state index contributed by atoms with van der Waals surface area (Å²) in [5.41, 5.74) is 3.11. The van der Waals surface area contributed by atoms with Crippen molar-refractivity contribution in [3.05, 3.63) is 59.2 Å². The van der Waals surface area contributed by atoms with E-state index in [9.17, 15) is 5.11 Å². The van der Waals surface area contributed by atoms with Crippen LogP contribution in [0.15, 0.2) is 42.5 Å². The van der Waals surface area contributed by atoms with Crippen LogP contribution in [0.5, 0.6) is 11.5 Å². The van der Waals surface area contributed by atoms with E-state index in [1.54, 1.807) is 0 Å². The van der Waals surface area contributed by atoms with Crippen molar-refractivity contribution in [2.24, 2.45) is 0 Å². The lowest BCUT2D eigenvalue weighted by Crippen LogP contribution is -2.21. The zero-order valence-corrected chi connectivity index (χ0v) is 12.0. The van der Waals surface area contributed by atoms with Crippen LogP contribution >= 0.6 is 0 Å². The van der Waals surface area contributed by atoms with Gasteiger partial charge in [-0.2, -0.15) is 0 Å². The summed E-state index contributed by atoms with van der Waals surface area (Å²) >= 11 is 0. The fraction of sp³-hybridized carbons (Fsp3) is 0.294. The van der Waals surface area contributed by atoms with Gasteiger partial charge in [-0.05, 0) is 24.1 Å². The van der Waals surface area contributed by atoms with E-state index in [4.69, 9.17) is 9.47 Å². The number of para-hydroxylation sites is 1. The Morgan fingerprint density at radius 3 is 2.86 bits per heavy atom. The van der Waals surface area contributed by atoms with E-state index in [-0.39, 0.29) is 6.79 Å². The van der Waals surface area contributed by atoms with Gasteiger partial charge in [0.2, 0.25) is 6.79 Å². The highest BCUT2D eigenvalue weighted by atomic mass is 16.7. The van der Waals surface area contributed by atoms with Crippen LogP contribution in [-0.4, -0.2) is 18.4 Å². The van der Waals surface area contributed by atoms with Gasteiger partial charge in [0.25, 0.3) is 0 Å². The van der Waals surface area contributed by atoms with Gasteiger partial charge in [-0.1, -0.05) is 36.4 Å². The SMILES string of the molecule is Cc1ccccc1C(O)CNCc1cccc2c1OCO2. The van der Waals surface area contributed by atoms with Crippen molar-refractivity contribution in [1.82, 2.24) is 5.32 Å². The summed E-state index contributed by atoms with van der Waals surface area (Å²) in [5.74, 6) is 1.59. The first-order valence-electron chi connectivity index (χ1n) is 7.07. The number of fused-ring (bicyclic) bond motifs is 1. The quantitative estimate of drug-likeness (QED) is 0.886. The van der Waals surface area contributed by atoms with E-state index in [1.807, 2.05) is 49.4 Å². The first kappa shape index (κ1) is 13.9. The summed E-state index contributed by atoms with van der Waals surface area (Å²) in [4.78, 5) is 0. The molecular weight excluding hydrogens is 266 g/mol. The van der Waals surface area contributed by atoms with Crippen molar-refractivity contribution in [3.63, 3.8) is 0 Å². The van der Waals surface area contributed by atoms with E-state index in [2.05, 4.69) is 5.32 Å². The molecule has 4 nitrogen and oxygen atoms in total. The Morgan fingerprint density at radius 2 is 2.00 bits per heavy atom. The third-order valence-corrected chi connectivity index (χ3v) is 3.68. The molecule has 1 aliphatic rings. The first-order chi connectivity index (χ1) is 10.3. The van der Waals surface area contributed by atoms with Crippen molar-refractivity contribution in [2.45, 2.75) is 19.6 Å². The second kappa shape index (κ2) is 6.16. The molecule has 110 valence electrons. The number of hydrogen-bond acceptors (Lipinski definition) is 4. The number of benzene rings is 2. The normalized spacial score (nSPS) is 14.2. The smallest absolute Gasteiger partial charge is 0.231 e. The Balaban J connectivity index is 1.60. The van der Waals surface area contributed by atoms with Crippen molar-refractivity contribution < 1.29 is 14.6 Å². The molecule has 0 fully saturated rings. The maximum absolute atomic E-state index is 10.3. The third kappa shape index (κ3) is 3.01. The predicted molar refractivity (Wildman–Crippen MR) is 80.4 cm³/mol. The summed E-state index contributed by atoms with van der Waals surface area (Å²) in [6.45, 7) is 3.41. The zero-order chi connectivity index (χ0) is 14.7. The van der Waals surface area contributed by atoms with Gasteiger partial charge in [0.05, 0.1) is 6.10 Å². The van der Waals surface area contributed by atoms with E-state index in [0.29, 0.717) is 13.1 Å². The lowest BCUT2D eigenvalue weighted by Gasteiger charge is -2.15. The predicted octanol–water partition coefficient (Wildman–Crippen LogP) is 2.55. The largest absolute Gasteiger partial charge is 0.454 e. The van der Waals surface area contributed by atoms with Crippen LogP contribution < -0.4 is 14.8 Å². The molecule has 1 atom stereocenters. The fourth-order valence-corrected chi connectivity index (χ4v) is 2.54. The number of aliphatic hydroxyl groups is 1. The Bertz CT molecular complexity index is 627. The van der Waals surface area contributed by atoms with Gasteiger partial charge >= 0.3 is 0 Å². The van der Waals surface area contributed by atoms with Crippen LogP contribution in [0.2, 0.25) is 0 Å².